The summed E-state index contributed by atoms with van der Waals surface area (Å²) in [6.45, 7) is 0.328. The second-order valence-electron chi connectivity index (χ2n) is 5.30. The van der Waals surface area contributed by atoms with E-state index in [1.165, 1.54) is 0 Å². The molecule has 0 radical (unpaired) electrons. The van der Waals surface area contributed by atoms with Crippen LogP contribution in [-0.2, 0) is 13.2 Å². The van der Waals surface area contributed by atoms with Crippen LogP contribution in [0.3, 0.4) is 0 Å². The van der Waals surface area contributed by atoms with Crippen LogP contribution in [0.25, 0.3) is 0 Å². The van der Waals surface area contributed by atoms with Gasteiger partial charge in [-0.1, -0.05) is 18.2 Å². The highest BCUT2D eigenvalue weighted by atomic mass is 16.4. The van der Waals surface area contributed by atoms with Crippen molar-refractivity contribution in [1.29, 1.82) is 0 Å². The highest BCUT2D eigenvalue weighted by Crippen LogP contribution is 2.28. The normalized spacial score (nSPS) is 10.5. The van der Waals surface area contributed by atoms with Crippen LogP contribution in [0.15, 0.2) is 71.1 Å². The number of aromatic carboxylic acids is 1. The Bertz CT molecular complexity index is 809. The van der Waals surface area contributed by atoms with E-state index in [0.29, 0.717) is 18.1 Å². The molecule has 122 valence electrons. The van der Waals surface area contributed by atoms with Crippen LogP contribution in [0.2, 0.25) is 0 Å². The summed E-state index contributed by atoms with van der Waals surface area (Å²) in [4.78, 5) is 13.0. The predicted molar refractivity (Wildman–Crippen MR) is 90.3 cm³/mol. The highest BCUT2D eigenvalue weighted by Gasteiger charge is 2.13. The minimum Gasteiger partial charge on any atom is -0.478 e. The number of carbonyl (C=O) groups is 1. The third-order valence-corrected chi connectivity index (χ3v) is 3.68. The molecule has 0 atom stereocenters. The molecular formula is C19H17NO4. The summed E-state index contributed by atoms with van der Waals surface area (Å²) in [6.07, 6.45) is 0. The van der Waals surface area contributed by atoms with Crippen molar-refractivity contribution in [1.82, 2.24) is 0 Å². The fourth-order valence-corrected chi connectivity index (χ4v) is 2.47. The lowest BCUT2D eigenvalue weighted by Gasteiger charge is -2.24. The zero-order chi connectivity index (χ0) is 16.9. The average Bonchev–Trinajstić information content (AvgIpc) is 3.08. The predicted octanol–water partition coefficient (Wildman–Crippen LogP) is 3.81. The fourth-order valence-electron chi connectivity index (χ4n) is 2.47. The Hall–Kier alpha value is -3.05. The monoisotopic (exact) mass is 323 g/mol. The number of hydrogen-bond acceptors (Lipinski definition) is 4. The van der Waals surface area contributed by atoms with Crippen molar-refractivity contribution in [3.8, 4) is 0 Å². The van der Waals surface area contributed by atoms with Crippen LogP contribution in [0.5, 0.6) is 0 Å². The number of benzene rings is 2. The minimum absolute atomic E-state index is 0.140. The van der Waals surface area contributed by atoms with Crippen molar-refractivity contribution in [3.05, 3.63) is 83.8 Å². The number of hydrogen-bond donors (Lipinski definition) is 2. The van der Waals surface area contributed by atoms with E-state index in [4.69, 9.17) is 14.6 Å². The van der Waals surface area contributed by atoms with E-state index in [1.807, 2.05) is 41.3 Å². The number of nitrogens with zero attached hydrogens (tertiary/aromatic N) is 1. The van der Waals surface area contributed by atoms with E-state index in [-0.39, 0.29) is 12.2 Å². The molecule has 5 nitrogen and oxygen atoms in total. The van der Waals surface area contributed by atoms with Gasteiger partial charge in [-0.3, -0.25) is 0 Å². The fraction of sp³-hybridized carbons (Fsp3) is 0.105. The van der Waals surface area contributed by atoms with Gasteiger partial charge in [0.25, 0.3) is 0 Å². The first-order valence-corrected chi connectivity index (χ1v) is 7.52. The van der Waals surface area contributed by atoms with Gasteiger partial charge in [-0.2, -0.15) is 0 Å². The second kappa shape index (κ2) is 7.02. The Morgan fingerprint density at radius 1 is 0.875 bits per heavy atom. The summed E-state index contributed by atoms with van der Waals surface area (Å²) in [7, 11) is 0. The lowest BCUT2D eigenvalue weighted by atomic mass is 10.1. The van der Waals surface area contributed by atoms with Crippen molar-refractivity contribution < 1.29 is 19.4 Å². The van der Waals surface area contributed by atoms with Crippen LogP contribution >= 0.6 is 0 Å². The van der Waals surface area contributed by atoms with Crippen LogP contribution in [0, 0.1) is 0 Å². The number of rotatable bonds is 6. The van der Waals surface area contributed by atoms with Gasteiger partial charge < -0.3 is 19.5 Å². The number of aliphatic hydroxyl groups excluding tert-OH is 1. The number of para-hydroxylation sites is 1. The van der Waals surface area contributed by atoms with Gasteiger partial charge in [0.05, 0.1) is 12.1 Å². The van der Waals surface area contributed by atoms with E-state index in [2.05, 4.69) is 0 Å². The number of anilines is 2. The van der Waals surface area contributed by atoms with E-state index >= 15 is 0 Å². The first-order valence-electron chi connectivity index (χ1n) is 7.52. The molecule has 24 heavy (non-hydrogen) atoms. The van der Waals surface area contributed by atoms with Crippen LogP contribution in [0.4, 0.5) is 11.4 Å². The van der Waals surface area contributed by atoms with Gasteiger partial charge in [-0.15, -0.1) is 0 Å². The van der Waals surface area contributed by atoms with Gasteiger partial charge >= 0.3 is 5.97 Å². The Morgan fingerprint density at radius 2 is 1.50 bits per heavy atom. The third kappa shape index (κ3) is 3.47. The van der Waals surface area contributed by atoms with Gasteiger partial charge in [0, 0.05) is 11.4 Å². The molecule has 0 aliphatic heterocycles. The van der Waals surface area contributed by atoms with E-state index < -0.39 is 5.97 Å². The topological polar surface area (TPSA) is 73.9 Å². The Labute approximate surface area is 139 Å². The molecule has 0 fully saturated rings. The Morgan fingerprint density at radius 3 is 2.08 bits per heavy atom. The van der Waals surface area contributed by atoms with Crippen molar-refractivity contribution in [2.45, 2.75) is 13.2 Å². The summed E-state index contributed by atoms with van der Waals surface area (Å²) < 4.78 is 5.58. The number of carboxylic acid groups (broad SMARTS) is 1. The van der Waals surface area contributed by atoms with Crippen LogP contribution < -0.4 is 4.90 Å². The number of furan rings is 1. The molecule has 0 bridgehead atoms. The third-order valence-electron chi connectivity index (χ3n) is 3.68. The van der Waals surface area contributed by atoms with Gasteiger partial charge in [0.1, 0.15) is 18.1 Å². The molecule has 0 saturated carbocycles. The van der Waals surface area contributed by atoms with Gasteiger partial charge in [0.15, 0.2) is 0 Å². The molecule has 3 rings (SSSR count). The lowest BCUT2D eigenvalue weighted by molar-refractivity contribution is 0.0697. The van der Waals surface area contributed by atoms with Crippen molar-refractivity contribution in [2.75, 3.05) is 4.90 Å². The standard InChI is InChI=1S/C19H17NO4/c21-13-18-11-10-17(24-18)12-20(15-4-2-1-3-5-15)16-8-6-14(7-9-16)19(22)23/h1-11,21H,12-13H2,(H,22,23). The minimum atomic E-state index is -0.952. The van der Waals surface area contributed by atoms with Gasteiger partial charge in [-0.25, -0.2) is 4.79 Å². The molecular weight excluding hydrogens is 306 g/mol. The zero-order valence-corrected chi connectivity index (χ0v) is 12.9. The highest BCUT2D eigenvalue weighted by molar-refractivity contribution is 5.88. The first-order chi connectivity index (χ1) is 11.7. The van der Waals surface area contributed by atoms with Crippen LogP contribution in [-0.4, -0.2) is 16.2 Å². The Balaban J connectivity index is 1.94. The maximum Gasteiger partial charge on any atom is 0.335 e. The zero-order valence-electron chi connectivity index (χ0n) is 12.9. The van der Waals surface area contributed by atoms with E-state index in [0.717, 1.165) is 11.4 Å². The number of aliphatic hydroxyl groups is 1. The van der Waals surface area contributed by atoms with Crippen LogP contribution in [0.1, 0.15) is 21.9 Å². The lowest BCUT2D eigenvalue weighted by Crippen LogP contribution is -2.16. The molecule has 0 saturated heterocycles. The Kier molecular flexibility index (Phi) is 4.63. The molecule has 2 N–H and O–H groups in total. The largest absolute Gasteiger partial charge is 0.478 e. The second-order valence-corrected chi connectivity index (χ2v) is 5.30. The van der Waals surface area contributed by atoms with Crippen molar-refractivity contribution in [3.63, 3.8) is 0 Å². The first kappa shape index (κ1) is 15.8. The molecule has 0 unspecified atom stereocenters. The summed E-state index contributed by atoms with van der Waals surface area (Å²) >= 11 is 0. The molecule has 1 heterocycles. The maximum absolute atomic E-state index is 11.0. The van der Waals surface area contributed by atoms with E-state index in [1.54, 1.807) is 30.3 Å². The van der Waals surface area contributed by atoms with Crippen molar-refractivity contribution in [2.24, 2.45) is 0 Å². The SMILES string of the molecule is O=C(O)c1ccc(N(Cc2ccc(CO)o2)c2ccccc2)cc1. The summed E-state index contributed by atoms with van der Waals surface area (Å²) in [5.74, 6) is 0.274. The molecule has 0 spiro atoms. The molecule has 0 aliphatic rings. The molecule has 1 aromatic heterocycles. The smallest absolute Gasteiger partial charge is 0.335 e. The quantitative estimate of drug-likeness (QED) is 0.721. The summed E-state index contributed by atoms with van der Waals surface area (Å²) in [5.41, 5.74) is 2.06. The summed E-state index contributed by atoms with van der Waals surface area (Å²) in [5, 5.41) is 18.2. The molecule has 0 amide bonds. The molecule has 0 aliphatic carbocycles. The molecule has 3 aromatic rings. The number of carboxylic acids is 1. The summed E-state index contributed by atoms with van der Waals surface area (Å²) in [6, 6.07) is 20.0. The van der Waals surface area contributed by atoms with Gasteiger partial charge in [0.2, 0.25) is 0 Å². The maximum atomic E-state index is 11.0. The average molecular weight is 323 g/mol. The van der Waals surface area contributed by atoms with E-state index in [9.17, 15) is 4.79 Å². The molecule has 5 heteroatoms. The molecule has 2 aromatic carbocycles. The van der Waals surface area contributed by atoms with Gasteiger partial charge in [-0.05, 0) is 48.5 Å². The van der Waals surface area contributed by atoms with Crippen molar-refractivity contribution >= 4 is 17.3 Å².